The summed E-state index contributed by atoms with van der Waals surface area (Å²) in [5, 5.41) is 3.01. The smallest absolute Gasteiger partial charge is 0.268 e. The monoisotopic (exact) mass is 521 g/mol. The van der Waals surface area contributed by atoms with Crippen LogP contribution in [0.1, 0.15) is 16.9 Å². The van der Waals surface area contributed by atoms with Crippen LogP contribution in [0.25, 0.3) is 21.6 Å². The molecule has 2 N–H and O–H groups in total. The minimum absolute atomic E-state index is 0.222. The van der Waals surface area contributed by atoms with Gasteiger partial charge in [0, 0.05) is 42.7 Å². The zero-order valence-electron chi connectivity index (χ0n) is 20.4. The lowest BCUT2D eigenvalue weighted by molar-refractivity contribution is 0.0357. The Labute approximate surface area is 218 Å². The number of carbonyl (C=O) groups is 1. The van der Waals surface area contributed by atoms with Crippen LogP contribution >= 0.6 is 11.3 Å². The predicted octanol–water partition coefficient (Wildman–Crippen LogP) is 3.75. The molecule has 4 heterocycles. The van der Waals surface area contributed by atoms with Gasteiger partial charge in [0.2, 0.25) is 0 Å². The summed E-state index contributed by atoms with van der Waals surface area (Å²) in [6.45, 7) is 5.06. The van der Waals surface area contributed by atoms with Crippen molar-refractivity contribution < 1.29 is 23.7 Å². The molecule has 1 aliphatic heterocycles. The second kappa shape index (κ2) is 11.5. The van der Waals surface area contributed by atoms with Gasteiger partial charge in [0.15, 0.2) is 11.5 Å². The summed E-state index contributed by atoms with van der Waals surface area (Å²) in [4.78, 5) is 26.8. The van der Waals surface area contributed by atoms with E-state index in [2.05, 4.69) is 19.9 Å². The molecule has 5 rings (SSSR count). The maximum atomic E-state index is 11.3. The third-order valence-corrected chi connectivity index (χ3v) is 6.77. The molecule has 0 aliphatic carbocycles. The Bertz CT molecular complexity index is 1370. The van der Waals surface area contributed by atoms with Gasteiger partial charge in [0.1, 0.15) is 22.2 Å². The van der Waals surface area contributed by atoms with Gasteiger partial charge in [-0.2, -0.15) is 0 Å². The van der Waals surface area contributed by atoms with E-state index in [4.69, 9.17) is 24.7 Å². The average Bonchev–Trinajstić information content (AvgIpc) is 3.43. The van der Waals surface area contributed by atoms with Crippen molar-refractivity contribution in [1.29, 1.82) is 0 Å². The molecule has 1 fully saturated rings. The standard InChI is InChI=1S/C26H27N5O5S/c1-33-23-13-18-20(14-24(23)35-10-2-7-31-8-11-34-12-9-31)28-6-5-22(18)36-17-3-4-19(29-15-17)26-30-21(16-37-26)25(27)32/h3-6,13-16H,2,7-12H2,1H3,(H2,27,32). The molecule has 0 radical (unpaired) electrons. The van der Waals surface area contributed by atoms with Crippen LogP contribution in [-0.4, -0.2) is 72.3 Å². The maximum absolute atomic E-state index is 11.3. The number of thiazole rings is 1. The summed E-state index contributed by atoms with van der Waals surface area (Å²) < 4.78 is 23.2. The van der Waals surface area contributed by atoms with Gasteiger partial charge in [0.05, 0.1) is 44.3 Å². The van der Waals surface area contributed by atoms with Crippen molar-refractivity contribution in [3.8, 4) is 33.7 Å². The number of nitrogens with two attached hydrogens (primary N) is 1. The Morgan fingerprint density at radius 1 is 1.14 bits per heavy atom. The van der Waals surface area contributed by atoms with Gasteiger partial charge < -0.3 is 24.7 Å². The minimum atomic E-state index is -0.566. The molecular weight excluding hydrogens is 494 g/mol. The Kier molecular flexibility index (Phi) is 7.73. The van der Waals surface area contributed by atoms with Crippen molar-refractivity contribution in [3.05, 3.63) is 53.8 Å². The first-order valence-electron chi connectivity index (χ1n) is 11.9. The Balaban J connectivity index is 1.28. The van der Waals surface area contributed by atoms with Gasteiger partial charge in [0.25, 0.3) is 5.91 Å². The highest BCUT2D eigenvalue weighted by Gasteiger charge is 2.14. The number of fused-ring (bicyclic) bond motifs is 1. The quantitative estimate of drug-likeness (QED) is 0.311. The van der Waals surface area contributed by atoms with Crippen LogP contribution in [0.4, 0.5) is 0 Å². The molecule has 0 atom stereocenters. The summed E-state index contributed by atoms with van der Waals surface area (Å²) in [5.74, 6) is 1.85. The maximum Gasteiger partial charge on any atom is 0.268 e. The number of ether oxygens (including phenoxy) is 4. The molecule has 0 unspecified atom stereocenters. The number of methoxy groups -OCH3 is 1. The number of rotatable bonds is 10. The van der Waals surface area contributed by atoms with Crippen LogP contribution in [-0.2, 0) is 4.74 Å². The molecule has 10 nitrogen and oxygen atoms in total. The number of nitrogens with zero attached hydrogens (tertiary/aromatic N) is 4. The molecule has 1 saturated heterocycles. The number of hydrogen-bond donors (Lipinski definition) is 1. The van der Waals surface area contributed by atoms with E-state index in [9.17, 15) is 4.79 Å². The third-order valence-electron chi connectivity index (χ3n) is 5.91. The van der Waals surface area contributed by atoms with Crippen molar-refractivity contribution in [2.75, 3.05) is 46.6 Å². The predicted molar refractivity (Wildman–Crippen MR) is 140 cm³/mol. The number of amides is 1. The number of benzene rings is 1. The average molecular weight is 522 g/mol. The van der Waals surface area contributed by atoms with Gasteiger partial charge >= 0.3 is 0 Å². The number of primary amides is 1. The van der Waals surface area contributed by atoms with E-state index < -0.39 is 5.91 Å². The second-order valence-corrected chi connectivity index (χ2v) is 9.23. The van der Waals surface area contributed by atoms with Crippen LogP contribution in [0.15, 0.2) is 48.1 Å². The van der Waals surface area contributed by atoms with E-state index in [0.29, 0.717) is 40.3 Å². The van der Waals surface area contributed by atoms with Gasteiger partial charge in [-0.1, -0.05) is 0 Å². The van der Waals surface area contributed by atoms with E-state index in [1.165, 1.54) is 11.3 Å². The fourth-order valence-corrected chi connectivity index (χ4v) is 4.77. The van der Waals surface area contributed by atoms with Gasteiger partial charge in [-0.3, -0.25) is 14.7 Å². The molecule has 0 spiro atoms. The molecule has 1 amide bonds. The summed E-state index contributed by atoms with van der Waals surface area (Å²) in [5.41, 5.74) is 6.86. The van der Waals surface area contributed by atoms with Crippen LogP contribution in [0.5, 0.6) is 23.0 Å². The van der Waals surface area contributed by atoms with Crippen LogP contribution in [0.3, 0.4) is 0 Å². The third kappa shape index (κ3) is 5.96. The van der Waals surface area contributed by atoms with Crippen molar-refractivity contribution in [1.82, 2.24) is 19.9 Å². The topological polar surface area (TPSA) is 122 Å². The summed E-state index contributed by atoms with van der Waals surface area (Å²) in [6.07, 6.45) is 4.21. The van der Waals surface area contributed by atoms with Gasteiger partial charge in [-0.05, 0) is 30.7 Å². The summed E-state index contributed by atoms with van der Waals surface area (Å²) in [7, 11) is 1.61. The molecule has 4 aromatic rings. The largest absolute Gasteiger partial charge is 0.493 e. The first-order valence-corrected chi connectivity index (χ1v) is 12.8. The molecule has 1 aliphatic rings. The Hall–Kier alpha value is -3.80. The van der Waals surface area contributed by atoms with Crippen molar-refractivity contribution in [2.24, 2.45) is 5.73 Å². The van der Waals surface area contributed by atoms with Gasteiger partial charge in [-0.15, -0.1) is 11.3 Å². The second-order valence-electron chi connectivity index (χ2n) is 8.37. The first kappa shape index (κ1) is 24.9. The number of pyridine rings is 2. The Morgan fingerprint density at radius 3 is 2.73 bits per heavy atom. The zero-order valence-corrected chi connectivity index (χ0v) is 21.2. The fraction of sp³-hybridized carbons (Fsp3) is 0.308. The molecule has 11 heteroatoms. The molecule has 0 saturated carbocycles. The normalized spacial score (nSPS) is 14.0. The minimum Gasteiger partial charge on any atom is -0.493 e. The van der Waals surface area contributed by atoms with Crippen LogP contribution in [0.2, 0.25) is 0 Å². The Morgan fingerprint density at radius 2 is 2.00 bits per heavy atom. The first-order chi connectivity index (χ1) is 18.1. The number of aromatic nitrogens is 3. The summed E-state index contributed by atoms with van der Waals surface area (Å²) >= 11 is 1.31. The fourth-order valence-electron chi connectivity index (χ4n) is 3.98. The molecule has 37 heavy (non-hydrogen) atoms. The molecule has 0 bridgehead atoms. The van der Waals surface area contributed by atoms with E-state index in [1.54, 1.807) is 43.1 Å². The number of hydrogen-bond acceptors (Lipinski definition) is 10. The SMILES string of the molecule is COc1cc2c(Oc3ccc(-c4nc(C(N)=O)cs4)nc3)ccnc2cc1OCCCN1CCOCC1. The molecular formula is C26H27N5O5S. The van der Waals surface area contributed by atoms with E-state index >= 15 is 0 Å². The zero-order chi connectivity index (χ0) is 25.6. The van der Waals surface area contributed by atoms with Crippen LogP contribution < -0.4 is 19.9 Å². The number of carbonyl (C=O) groups excluding carboxylic acids is 1. The molecule has 3 aromatic heterocycles. The highest BCUT2D eigenvalue weighted by Crippen LogP contribution is 2.37. The lowest BCUT2D eigenvalue weighted by Crippen LogP contribution is -2.37. The molecule has 1 aromatic carbocycles. The van der Waals surface area contributed by atoms with Crippen molar-refractivity contribution in [2.45, 2.75) is 6.42 Å². The van der Waals surface area contributed by atoms with Crippen molar-refractivity contribution >= 4 is 28.1 Å². The lowest BCUT2D eigenvalue weighted by Gasteiger charge is -2.26. The molecule has 192 valence electrons. The lowest BCUT2D eigenvalue weighted by atomic mass is 10.2. The van der Waals surface area contributed by atoms with Crippen LogP contribution in [0, 0.1) is 0 Å². The van der Waals surface area contributed by atoms with E-state index in [0.717, 1.165) is 50.2 Å². The summed E-state index contributed by atoms with van der Waals surface area (Å²) in [6, 6.07) is 9.11. The highest BCUT2D eigenvalue weighted by molar-refractivity contribution is 7.13. The highest BCUT2D eigenvalue weighted by atomic mass is 32.1. The van der Waals surface area contributed by atoms with E-state index in [1.807, 2.05) is 12.1 Å². The number of morpholine rings is 1. The van der Waals surface area contributed by atoms with E-state index in [-0.39, 0.29) is 5.69 Å². The van der Waals surface area contributed by atoms with Crippen molar-refractivity contribution in [3.63, 3.8) is 0 Å². The van der Waals surface area contributed by atoms with Gasteiger partial charge in [-0.25, -0.2) is 9.97 Å².